The Bertz CT molecular complexity index is 388. The molecule has 0 spiro atoms. The Morgan fingerprint density at radius 3 is 2.47 bits per heavy atom. The Labute approximate surface area is 102 Å². The second-order valence-electron chi connectivity index (χ2n) is 4.44. The summed E-state index contributed by atoms with van der Waals surface area (Å²) < 4.78 is 5.55. The first-order valence-corrected chi connectivity index (χ1v) is 5.57. The van der Waals surface area contributed by atoms with Gasteiger partial charge in [-0.15, -0.1) is 0 Å². The zero-order chi connectivity index (χ0) is 13.0. The predicted molar refractivity (Wildman–Crippen MR) is 66.3 cm³/mol. The maximum absolute atomic E-state index is 11.2. The average molecular weight is 237 g/mol. The van der Waals surface area contributed by atoms with E-state index < -0.39 is 12.0 Å². The van der Waals surface area contributed by atoms with Crippen molar-refractivity contribution in [1.29, 1.82) is 0 Å². The maximum atomic E-state index is 11.2. The topological polar surface area (TPSA) is 49.8 Å². The van der Waals surface area contributed by atoms with Gasteiger partial charge in [0.1, 0.15) is 11.8 Å². The van der Waals surface area contributed by atoms with Crippen molar-refractivity contribution in [3.63, 3.8) is 0 Å². The number of benzene rings is 1. The molecule has 0 saturated heterocycles. The highest BCUT2D eigenvalue weighted by molar-refractivity contribution is 5.75. The lowest BCUT2D eigenvalue weighted by Crippen LogP contribution is -2.27. The van der Waals surface area contributed by atoms with E-state index in [0.29, 0.717) is 5.75 Å². The lowest BCUT2D eigenvalue weighted by molar-refractivity contribution is -0.142. The van der Waals surface area contributed by atoms with Gasteiger partial charge in [0.15, 0.2) is 0 Å². The molecule has 0 aliphatic heterocycles. The van der Waals surface area contributed by atoms with E-state index >= 15 is 0 Å². The molecule has 0 aromatic heterocycles. The van der Waals surface area contributed by atoms with Crippen molar-refractivity contribution in [3.05, 3.63) is 29.8 Å². The number of nitrogens with zero attached hydrogens (tertiary/aromatic N) is 1. The summed E-state index contributed by atoms with van der Waals surface area (Å²) in [7, 11) is 3.49. The lowest BCUT2D eigenvalue weighted by Gasteiger charge is -2.21. The van der Waals surface area contributed by atoms with Gasteiger partial charge in [-0.25, -0.2) is 0 Å². The van der Waals surface area contributed by atoms with Crippen molar-refractivity contribution < 1.29 is 14.6 Å². The highest BCUT2D eigenvalue weighted by atomic mass is 16.5. The number of hydrogen-bond donors (Lipinski definition) is 1. The van der Waals surface area contributed by atoms with Crippen LogP contribution in [0.25, 0.3) is 0 Å². The summed E-state index contributed by atoms with van der Waals surface area (Å²) in [5.74, 6) is -0.165. The number of rotatable bonds is 5. The van der Waals surface area contributed by atoms with Gasteiger partial charge in [0, 0.05) is 0 Å². The molecular formula is C13H19NO3. The van der Waals surface area contributed by atoms with Gasteiger partial charge >= 0.3 is 5.97 Å². The summed E-state index contributed by atoms with van der Waals surface area (Å²) in [6.45, 7) is 3.88. The molecule has 1 N–H and O–H groups in total. The molecule has 0 heterocycles. The SMILES string of the molecule is CC(C)Oc1cccc(C(C(=O)O)N(C)C)c1. The minimum absolute atomic E-state index is 0.0767. The van der Waals surface area contributed by atoms with Crippen LogP contribution in [0.5, 0.6) is 5.75 Å². The Hall–Kier alpha value is -1.55. The van der Waals surface area contributed by atoms with Crippen LogP contribution in [0, 0.1) is 0 Å². The summed E-state index contributed by atoms with van der Waals surface area (Å²) in [5, 5.41) is 9.19. The number of carboxylic acid groups (broad SMARTS) is 1. The quantitative estimate of drug-likeness (QED) is 0.852. The Morgan fingerprint density at radius 1 is 1.35 bits per heavy atom. The summed E-state index contributed by atoms with van der Waals surface area (Å²) in [6, 6.07) is 6.57. The molecule has 17 heavy (non-hydrogen) atoms. The molecule has 4 nitrogen and oxygen atoms in total. The maximum Gasteiger partial charge on any atom is 0.325 e. The number of aliphatic carboxylic acids is 1. The van der Waals surface area contributed by atoms with Crippen LogP contribution in [0.2, 0.25) is 0 Å². The number of ether oxygens (including phenoxy) is 1. The summed E-state index contributed by atoms with van der Waals surface area (Å²) in [5.41, 5.74) is 0.723. The number of carbonyl (C=O) groups is 1. The van der Waals surface area contributed by atoms with E-state index in [-0.39, 0.29) is 6.10 Å². The molecule has 4 heteroatoms. The van der Waals surface area contributed by atoms with Crippen LogP contribution in [0.15, 0.2) is 24.3 Å². The summed E-state index contributed by atoms with van der Waals surface area (Å²) >= 11 is 0. The van der Waals surface area contributed by atoms with Crippen molar-refractivity contribution in [2.24, 2.45) is 0 Å². The van der Waals surface area contributed by atoms with Crippen LogP contribution in [0.4, 0.5) is 0 Å². The second kappa shape index (κ2) is 5.68. The fraction of sp³-hybridized carbons (Fsp3) is 0.462. The van der Waals surface area contributed by atoms with Crippen LogP contribution >= 0.6 is 0 Å². The van der Waals surface area contributed by atoms with E-state index in [9.17, 15) is 9.90 Å². The van der Waals surface area contributed by atoms with Gasteiger partial charge in [-0.05, 0) is 45.6 Å². The van der Waals surface area contributed by atoms with Crippen molar-refractivity contribution in [2.75, 3.05) is 14.1 Å². The molecule has 1 aromatic carbocycles. The molecule has 0 saturated carbocycles. The molecule has 0 bridgehead atoms. The molecule has 0 fully saturated rings. The summed E-state index contributed by atoms with van der Waals surface area (Å²) in [4.78, 5) is 12.9. The molecule has 0 amide bonds. The van der Waals surface area contributed by atoms with E-state index in [1.165, 1.54) is 0 Å². The molecule has 94 valence electrons. The zero-order valence-electron chi connectivity index (χ0n) is 10.7. The monoisotopic (exact) mass is 237 g/mol. The molecular weight excluding hydrogens is 218 g/mol. The molecule has 0 aliphatic rings. The van der Waals surface area contributed by atoms with E-state index in [1.807, 2.05) is 26.0 Å². The van der Waals surface area contributed by atoms with Gasteiger partial charge in [0.05, 0.1) is 6.10 Å². The van der Waals surface area contributed by atoms with Crippen molar-refractivity contribution in [2.45, 2.75) is 26.0 Å². The van der Waals surface area contributed by atoms with E-state index in [4.69, 9.17) is 4.74 Å². The first-order chi connectivity index (χ1) is 7.91. The smallest absolute Gasteiger partial charge is 0.325 e. The van der Waals surface area contributed by atoms with Gasteiger partial charge in [0.2, 0.25) is 0 Å². The lowest BCUT2D eigenvalue weighted by atomic mass is 10.1. The van der Waals surface area contributed by atoms with Gasteiger partial charge in [0.25, 0.3) is 0 Å². The molecule has 0 aliphatic carbocycles. The van der Waals surface area contributed by atoms with Crippen LogP contribution in [-0.2, 0) is 4.79 Å². The van der Waals surface area contributed by atoms with E-state index in [1.54, 1.807) is 31.1 Å². The zero-order valence-corrected chi connectivity index (χ0v) is 10.7. The third kappa shape index (κ3) is 3.75. The standard InChI is InChI=1S/C13H19NO3/c1-9(2)17-11-7-5-6-10(8-11)12(13(15)16)14(3)4/h5-9,12H,1-4H3,(H,15,16). The third-order valence-electron chi connectivity index (χ3n) is 2.30. The molecule has 1 unspecified atom stereocenters. The normalized spacial score (nSPS) is 12.8. The van der Waals surface area contributed by atoms with Crippen molar-refractivity contribution in [1.82, 2.24) is 4.90 Å². The van der Waals surface area contributed by atoms with Crippen LogP contribution in [-0.4, -0.2) is 36.2 Å². The van der Waals surface area contributed by atoms with E-state index in [0.717, 1.165) is 5.56 Å². The predicted octanol–water partition coefficient (Wildman–Crippen LogP) is 2.16. The number of likely N-dealkylation sites (N-methyl/N-ethyl adjacent to an activating group) is 1. The fourth-order valence-electron chi connectivity index (χ4n) is 1.69. The first-order valence-electron chi connectivity index (χ1n) is 5.57. The highest BCUT2D eigenvalue weighted by Gasteiger charge is 2.22. The first kappa shape index (κ1) is 13.5. The van der Waals surface area contributed by atoms with Gasteiger partial charge in [-0.3, -0.25) is 9.69 Å². The van der Waals surface area contributed by atoms with Gasteiger partial charge in [-0.1, -0.05) is 12.1 Å². The minimum atomic E-state index is -0.864. The third-order valence-corrected chi connectivity index (χ3v) is 2.30. The van der Waals surface area contributed by atoms with Gasteiger partial charge in [-0.2, -0.15) is 0 Å². The molecule has 0 radical (unpaired) electrons. The Kier molecular flexibility index (Phi) is 4.52. The van der Waals surface area contributed by atoms with Crippen molar-refractivity contribution in [3.8, 4) is 5.75 Å². The number of carboxylic acids is 1. The Morgan fingerprint density at radius 2 is 2.00 bits per heavy atom. The Balaban J connectivity index is 3.00. The van der Waals surface area contributed by atoms with Crippen LogP contribution in [0.1, 0.15) is 25.5 Å². The van der Waals surface area contributed by atoms with Crippen molar-refractivity contribution >= 4 is 5.97 Å². The molecule has 1 aromatic rings. The van der Waals surface area contributed by atoms with Gasteiger partial charge < -0.3 is 9.84 Å². The minimum Gasteiger partial charge on any atom is -0.491 e. The van der Waals surface area contributed by atoms with Crippen LogP contribution in [0.3, 0.4) is 0 Å². The van der Waals surface area contributed by atoms with Crippen LogP contribution < -0.4 is 4.74 Å². The second-order valence-corrected chi connectivity index (χ2v) is 4.44. The molecule has 1 rings (SSSR count). The number of hydrogen-bond acceptors (Lipinski definition) is 3. The largest absolute Gasteiger partial charge is 0.491 e. The summed E-state index contributed by atoms with van der Waals surface area (Å²) in [6.07, 6.45) is 0.0767. The van der Waals surface area contributed by atoms with E-state index in [2.05, 4.69) is 0 Å². The molecule has 1 atom stereocenters. The fourth-order valence-corrected chi connectivity index (χ4v) is 1.69. The average Bonchev–Trinajstić information content (AvgIpc) is 2.15. The highest BCUT2D eigenvalue weighted by Crippen LogP contribution is 2.23.